The predicted molar refractivity (Wildman–Crippen MR) is 98.5 cm³/mol. The fourth-order valence-electron chi connectivity index (χ4n) is 2.54. The van der Waals surface area contributed by atoms with Gasteiger partial charge in [-0.1, -0.05) is 0 Å². The first-order chi connectivity index (χ1) is 13.5. The summed E-state index contributed by atoms with van der Waals surface area (Å²) in [4.78, 5) is 10.4. The Morgan fingerprint density at radius 1 is 1.39 bits per heavy atom. The highest BCUT2D eigenvalue weighted by Gasteiger charge is 2.17. The van der Waals surface area contributed by atoms with Gasteiger partial charge in [-0.25, -0.2) is 0 Å². The van der Waals surface area contributed by atoms with E-state index in [2.05, 4.69) is 10.2 Å². The molecule has 0 spiro atoms. The number of rotatable bonds is 5. The molecule has 0 atom stereocenters. The largest absolute Gasteiger partial charge is 0.496 e. The van der Waals surface area contributed by atoms with Crippen LogP contribution in [0.2, 0.25) is 0 Å². The van der Waals surface area contributed by atoms with Gasteiger partial charge in [-0.2, -0.15) is 15.6 Å². The van der Waals surface area contributed by atoms with Gasteiger partial charge in [0.2, 0.25) is 0 Å². The normalized spacial score (nSPS) is 10.9. The molecule has 3 aromatic rings. The van der Waals surface area contributed by atoms with Gasteiger partial charge in [-0.05, 0) is 18.2 Å². The molecule has 2 heterocycles. The summed E-state index contributed by atoms with van der Waals surface area (Å²) in [5, 5.41) is 35.8. The zero-order valence-electron chi connectivity index (χ0n) is 14.5. The Labute approximate surface area is 158 Å². The molecule has 3 N–H and O–H groups in total. The quantitative estimate of drug-likeness (QED) is 0.389. The van der Waals surface area contributed by atoms with Gasteiger partial charge in [-0.15, -0.1) is 0 Å². The second-order valence-corrected chi connectivity index (χ2v) is 5.48. The Morgan fingerprint density at radius 3 is 2.82 bits per heavy atom. The first-order valence-corrected chi connectivity index (χ1v) is 7.77. The molecule has 10 heteroatoms. The van der Waals surface area contributed by atoms with E-state index in [0.717, 1.165) is 0 Å². The SMILES string of the molecule is COc1cc([N+](=O)[O-])ccc1-c1ccc(/C=C(\C#N)c2[nH]nc(N)c2C#N)o1. The first-order valence-electron chi connectivity index (χ1n) is 7.77. The minimum Gasteiger partial charge on any atom is -0.496 e. The van der Waals surface area contributed by atoms with Crippen LogP contribution in [0.25, 0.3) is 23.0 Å². The summed E-state index contributed by atoms with van der Waals surface area (Å²) in [6.07, 6.45) is 1.43. The number of hydrogen-bond donors (Lipinski definition) is 2. The lowest BCUT2D eigenvalue weighted by molar-refractivity contribution is -0.384. The number of aromatic nitrogens is 2. The van der Waals surface area contributed by atoms with Crippen molar-refractivity contribution >= 4 is 23.2 Å². The molecule has 0 saturated heterocycles. The van der Waals surface area contributed by atoms with E-state index in [4.69, 9.17) is 20.1 Å². The van der Waals surface area contributed by atoms with Crippen molar-refractivity contribution in [2.75, 3.05) is 12.8 Å². The number of anilines is 1. The number of nitrogens with two attached hydrogens (primary N) is 1. The molecule has 1 aromatic carbocycles. The zero-order valence-corrected chi connectivity index (χ0v) is 14.5. The maximum absolute atomic E-state index is 10.9. The molecule has 0 amide bonds. The summed E-state index contributed by atoms with van der Waals surface area (Å²) in [6, 6.07) is 11.2. The second-order valence-electron chi connectivity index (χ2n) is 5.48. The Morgan fingerprint density at radius 2 is 2.18 bits per heavy atom. The number of methoxy groups -OCH3 is 1. The number of nitriles is 2. The molecule has 2 aromatic heterocycles. The molecule has 0 fully saturated rings. The lowest BCUT2D eigenvalue weighted by atomic mass is 10.1. The number of nitrogens with zero attached hydrogens (tertiary/aromatic N) is 4. The third-order valence-electron chi connectivity index (χ3n) is 3.87. The van der Waals surface area contributed by atoms with Crippen LogP contribution in [0.1, 0.15) is 17.0 Å². The lowest BCUT2D eigenvalue weighted by Crippen LogP contribution is -1.92. The van der Waals surface area contributed by atoms with Crippen molar-refractivity contribution in [3.8, 4) is 29.2 Å². The van der Waals surface area contributed by atoms with Crippen molar-refractivity contribution in [2.24, 2.45) is 0 Å². The van der Waals surface area contributed by atoms with Crippen LogP contribution in [0, 0.1) is 32.8 Å². The minimum atomic E-state index is -0.523. The number of ether oxygens (including phenoxy) is 1. The average Bonchev–Trinajstić information content (AvgIpc) is 3.31. The van der Waals surface area contributed by atoms with Crippen LogP contribution in [0.5, 0.6) is 5.75 Å². The molecule has 0 aliphatic rings. The van der Waals surface area contributed by atoms with Gasteiger partial charge in [-0.3, -0.25) is 15.2 Å². The molecule has 0 saturated carbocycles. The zero-order chi connectivity index (χ0) is 20.3. The van der Waals surface area contributed by atoms with Gasteiger partial charge in [0, 0.05) is 12.1 Å². The van der Waals surface area contributed by atoms with E-state index >= 15 is 0 Å². The summed E-state index contributed by atoms with van der Waals surface area (Å²) in [6.45, 7) is 0. The Bertz CT molecular complexity index is 1180. The van der Waals surface area contributed by atoms with Crippen molar-refractivity contribution in [2.45, 2.75) is 0 Å². The smallest absolute Gasteiger partial charge is 0.273 e. The van der Waals surface area contributed by atoms with Crippen LogP contribution >= 0.6 is 0 Å². The number of furan rings is 1. The summed E-state index contributed by atoms with van der Waals surface area (Å²) in [5.74, 6) is 0.978. The minimum absolute atomic E-state index is 0.00519. The number of H-pyrrole nitrogens is 1. The van der Waals surface area contributed by atoms with E-state index in [1.165, 1.54) is 31.4 Å². The van der Waals surface area contributed by atoms with E-state index in [0.29, 0.717) is 17.1 Å². The molecular weight excluding hydrogens is 364 g/mol. The maximum Gasteiger partial charge on any atom is 0.273 e. The summed E-state index contributed by atoms with van der Waals surface area (Å²) in [5.41, 5.74) is 6.36. The van der Waals surface area contributed by atoms with Gasteiger partial charge in [0.05, 0.1) is 34.9 Å². The second kappa shape index (κ2) is 7.35. The number of allylic oxidation sites excluding steroid dienone is 1. The van der Waals surface area contributed by atoms with Crippen LogP contribution in [0.15, 0.2) is 34.7 Å². The van der Waals surface area contributed by atoms with Crippen LogP contribution in [-0.4, -0.2) is 22.2 Å². The third kappa shape index (κ3) is 3.25. The van der Waals surface area contributed by atoms with Gasteiger partial charge < -0.3 is 14.9 Å². The number of non-ortho nitro benzene ring substituents is 1. The summed E-state index contributed by atoms with van der Waals surface area (Å²) < 4.78 is 10.9. The maximum atomic E-state index is 10.9. The molecule has 28 heavy (non-hydrogen) atoms. The van der Waals surface area contributed by atoms with Crippen LogP contribution in [0.4, 0.5) is 11.5 Å². The highest BCUT2D eigenvalue weighted by molar-refractivity contribution is 5.90. The number of benzene rings is 1. The fourth-order valence-corrected chi connectivity index (χ4v) is 2.54. The van der Waals surface area contributed by atoms with E-state index in [1.807, 2.05) is 12.1 Å². The molecule has 0 unspecified atom stereocenters. The third-order valence-corrected chi connectivity index (χ3v) is 3.87. The number of nitro benzene ring substituents is 1. The number of nitrogen functional groups attached to an aromatic ring is 1. The molecule has 138 valence electrons. The van der Waals surface area contributed by atoms with E-state index < -0.39 is 4.92 Å². The van der Waals surface area contributed by atoms with E-state index in [1.54, 1.807) is 12.1 Å². The molecule has 0 aliphatic carbocycles. The average molecular weight is 376 g/mol. The monoisotopic (exact) mass is 376 g/mol. The number of nitro groups is 1. The molecule has 0 radical (unpaired) electrons. The van der Waals surface area contributed by atoms with E-state index in [9.17, 15) is 15.4 Å². The van der Waals surface area contributed by atoms with Crippen molar-refractivity contribution in [1.29, 1.82) is 10.5 Å². The van der Waals surface area contributed by atoms with E-state index in [-0.39, 0.29) is 34.1 Å². The Balaban J connectivity index is 2.00. The molecule has 3 rings (SSSR count). The van der Waals surface area contributed by atoms with Crippen molar-refractivity contribution in [3.63, 3.8) is 0 Å². The molecule has 10 nitrogen and oxygen atoms in total. The fraction of sp³-hybridized carbons (Fsp3) is 0.0556. The highest BCUT2D eigenvalue weighted by atomic mass is 16.6. The topological polar surface area (TPSA) is 168 Å². The summed E-state index contributed by atoms with van der Waals surface area (Å²) in [7, 11) is 1.39. The van der Waals surface area contributed by atoms with Gasteiger partial charge in [0.25, 0.3) is 5.69 Å². The van der Waals surface area contributed by atoms with Gasteiger partial charge >= 0.3 is 0 Å². The predicted octanol–water partition coefficient (Wildman–Crippen LogP) is 3.10. The standard InChI is InChI=1S/C18H12N6O4/c1-27-16-7-11(24(25)26)2-4-13(16)15-5-3-12(28-15)6-10(8-19)17-14(9-20)18(21)23-22-17/h2-7H,1H3,(H3,21,22,23)/b10-6+. The number of aromatic amines is 1. The van der Waals surface area contributed by atoms with Crippen molar-refractivity contribution in [1.82, 2.24) is 10.2 Å². The lowest BCUT2D eigenvalue weighted by Gasteiger charge is -2.05. The molecular formula is C18H12N6O4. The van der Waals surface area contributed by atoms with Crippen LogP contribution in [0.3, 0.4) is 0 Å². The first kappa shape index (κ1) is 18.2. The van der Waals surface area contributed by atoms with Gasteiger partial charge in [0.1, 0.15) is 35.0 Å². The summed E-state index contributed by atoms with van der Waals surface area (Å²) >= 11 is 0. The van der Waals surface area contributed by atoms with Crippen molar-refractivity contribution in [3.05, 3.63) is 57.5 Å². The Kier molecular flexibility index (Phi) is 4.79. The van der Waals surface area contributed by atoms with Crippen LogP contribution in [-0.2, 0) is 0 Å². The molecule has 0 bridgehead atoms. The molecule has 0 aliphatic heterocycles. The highest BCUT2D eigenvalue weighted by Crippen LogP contribution is 2.35. The van der Waals surface area contributed by atoms with Crippen LogP contribution < -0.4 is 10.5 Å². The Hall–Kier alpha value is -4.57. The number of nitrogens with one attached hydrogen (secondary N) is 1. The van der Waals surface area contributed by atoms with Crippen molar-refractivity contribution < 1.29 is 14.1 Å². The number of hydrogen-bond acceptors (Lipinski definition) is 8. The van der Waals surface area contributed by atoms with Gasteiger partial charge in [0.15, 0.2) is 5.82 Å².